The fourth-order valence-electron chi connectivity index (χ4n) is 5.29. The van der Waals surface area contributed by atoms with Crippen LogP contribution in [0.25, 0.3) is 22.3 Å². The Morgan fingerprint density at radius 3 is 2.33 bits per heavy atom. The molecule has 0 unspecified atom stereocenters. The second-order valence-electron chi connectivity index (χ2n) is 11.2. The zero-order valence-electron chi connectivity index (χ0n) is 24.9. The number of rotatable bonds is 9. The number of likely N-dealkylation sites (tertiary alicyclic amines) is 1. The minimum atomic E-state index is -4.49. The Labute approximate surface area is 260 Å². The molecule has 0 atom stereocenters. The molecule has 0 spiro atoms. The van der Waals surface area contributed by atoms with Gasteiger partial charge in [-0.3, -0.25) is 4.79 Å². The molecular formula is C35H36F3N5O2. The molecular weight excluding hydrogens is 579 g/mol. The standard InChI is InChI=1S/C35H36F3N5O2/c1-42-17-15-29(16-18-42)45-30-13-14-31(32(21-30)25-9-5-11-27(19-25)35(36,37)38)26-10-6-12-28(20-26)41-34(44)33(39)23-43(40)22-24-7-3-2-4-8-24/h2-14,19-21,23,29H,15-18,22,39-40H2,1H3,(H,41,44)/b33-23-. The van der Waals surface area contributed by atoms with Gasteiger partial charge in [0.05, 0.1) is 12.1 Å². The largest absolute Gasteiger partial charge is 0.490 e. The highest BCUT2D eigenvalue weighted by atomic mass is 19.4. The monoisotopic (exact) mass is 615 g/mol. The van der Waals surface area contributed by atoms with E-state index >= 15 is 0 Å². The molecule has 4 aromatic carbocycles. The lowest BCUT2D eigenvalue weighted by Crippen LogP contribution is -2.35. The number of carbonyl (C=O) groups excluding carboxylic acids is 1. The maximum Gasteiger partial charge on any atom is 0.416 e. The van der Waals surface area contributed by atoms with Gasteiger partial charge < -0.3 is 25.7 Å². The first-order valence-electron chi connectivity index (χ1n) is 14.7. The summed E-state index contributed by atoms with van der Waals surface area (Å²) in [4.78, 5) is 15.1. The lowest BCUT2D eigenvalue weighted by atomic mass is 9.93. The molecule has 1 amide bonds. The van der Waals surface area contributed by atoms with Crippen LogP contribution in [0.5, 0.6) is 5.75 Å². The predicted molar refractivity (Wildman–Crippen MR) is 171 cm³/mol. The first-order chi connectivity index (χ1) is 21.5. The Balaban J connectivity index is 1.41. The van der Waals surface area contributed by atoms with E-state index in [1.165, 1.54) is 17.3 Å². The number of hydrazine groups is 1. The van der Waals surface area contributed by atoms with Gasteiger partial charge in [0.25, 0.3) is 5.91 Å². The molecule has 0 aliphatic carbocycles. The Hall–Kier alpha value is -4.80. The normalized spacial score (nSPS) is 14.6. The van der Waals surface area contributed by atoms with E-state index in [9.17, 15) is 18.0 Å². The molecule has 10 heteroatoms. The number of carbonyl (C=O) groups is 1. The van der Waals surface area contributed by atoms with Crippen molar-refractivity contribution in [3.8, 4) is 28.0 Å². The average molecular weight is 616 g/mol. The van der Waals surface area contributed by atoms with Crippen molar-refractivity contribution in [1.29, 1.82) is 0 Å². The zero-order valence-corrected chi connectivity index (χ0v) is 24.9. The van der Waals surface area contributed by atoms with Crippen LogP contribution in [0.4, 0.5) is 18.9 Å². The lowest BCUT2D eigenvalue weighted by Gasteiger charge is -2.29. The number of hydrogen-bond donors (Lipinski definition) is 3. The maximum atomic E-state index is 13.7. The number of ether oxygens (including phenoxy) is 1. The minimum absolute atomic E-state index is 0.0237. The first kappa shape index (κ1) is 31.6. The molecule has 0 aromatic heterocycles. The van der Waals surface area contributed by atoms with Crippen LogP contribution in [0, 0.1) is 0 Å². The second-order valence-corrected chi connectivity index (χ2v) is 11.2. The molecule has 7 nitrogen and oxygen atoms in total. The fraction of sp³-hybridized carbons (Fsp3) is 0.229. The van der Waals surface area contributed by atoms with E-state index in [-0.39, 0.29) is 11.8 Å². The summed E-state index contributed by atoms with van der Waals surface area (Å²) < 4.78 is 47.3. The van der Waals surface area contributed by atoms with Crippen LogP contribution in [0.15, 0.2) is 109 Å². The van der Waals surface area contributed by atoms with E-state index in [4.69, 9.17) is 16.3 Å². The van der Waals surface area contributed by atoms with Crippen LogP contribution in [0.2, 0.25) is 0 Å². The highest BCUT2D eigenvalue weighted by Crippen LogP contribution is 2.39. The predicted octanol–water partition coefficient (Wildman–Crippen LogP) is 6.63. The Morgan fingerprint density at radius 1 is 0.933 bits per heavy atom. The number of hydrogen-bond acceptors (Lipinski definition) is 6. The number of nitrogens with two attached hydrogens (primary N) is 2. The summed E-state index contributed by atoms with van der Waals surface area (Å²) in [5, 5.41) is 4.12. The third-order valence-electron chi connectivity index (χ3n) is 7.67. The number of amides is 1. The van der Waals surface area contributed by atoms with Crippen molar-refractivity contribution in [3.63, 3.8) is 0 Å². The van der Waals surface area contributed by atoms with E-state index in [0.29, 0.717) is 40.2 Å². The number of alkyl halides is 3. The highest BCUT2D eigenvalue weighted by molar-refractivity contribution is 6.03. The summed E-state index contributed by atoms with van der Waals surface area (Å²) in [5.41, 5.74) is 8.98. The summed E-state index contributed by atoms with van der Waals surface area (Å²) in [5.74, 6) is 6.08. The molecule has 0 saturated carbocycles. The average Bonchev–Trinajstić information content (AvgIpc) is 3.02. The van der Waals surface area contributed by atoms with Crippen LogP contribution in [-0.4, -0.2) is 42.1 Å². The summed E-state index contributed by atoms with van der Waals surface area (Å²) in [6, 6.07) is 27.3. The number of halogens is 3. The summed E-state index contributed by atoms with van der Waals surface area (Å²) in [7, 11) is 2.07. The Kier molecular flexibility index (Phi) is 9.75. The number of nitrogens with zero attached hydrogens (tertiary/aromatic N) is 2. The molecule has 0 radical (unpaired) electrons. The first-order valence-corrected chi connectivity index (χ1v) is 14.7. The summed E-state index contributed by atoms with van der Waals surface area (Å²) >= 11 is 0. The molecule has 4 aromatic rings. The summed E-state index contributed by atoms with van der Waals surface area (Å²) in [6.45, 7) is 2.19. The Morgan fingerprint density at radius 2 is 1.62 bits per heavy atom. The van der Waals surface area contributed by atoms with Gasteiger partial charge in [0.1, 0.15) is 17.6 Å². The quantitative estimate of drug-likeness (QED) is 0.111. The van der Waals surface area contributed by atoms with Crippen molar-refractivity contribution in [3.05, 3.63) is 120 Å². The molecule has 5 rings (SSSR count). The van der Waals surface area contributed by atoms with E-state index in [1.54, 1.807) is 30.3 Å². The molecule has 1 aliphatic heterocycles. The van der Waals surface area contributed by atoms with Crippen LogP contribution < -0.4 is 21.6 Å². The lowest BCUT2D eigenvalue weighted by molar-refractivity contribution is -0.137. The van der Waals surface area contributed by atoms with Crippen molar-refractivity contribution in [2.24, 2.45) is 11.6 Å². The van der Waals surface area contributed by atoms with Crippen LogP contribution in [0.1, 0.15) is 24.0 Å². The van der Waals surface area contributed by atoms with Gasteiger partial charge in [0.2, 0.25) is 0 Å². The van der Waals surface area contributed by atoms with Crippen molar-refractivity contribution in [2.45, 2.75) is 31.7 Å². The van der Waals surface area contributed by atoms with Crippen LogP contribution in [-0.2, 0) is 17.5 Å². The van der Waals surface area contributed by atoms with Crippen molar-refractivity contribution in [2.75, 3.05) is 25.5 Å². The third kappa shape index (κ3) is 8.43. The molecule has 0 bridgehead atoms. The second kappa shape index (κ2) is 13.9. The molecule has 1 heterocycles. The molecule has 45 heavy (non-hydrogen) atoms. The van der Waals surface area contributed by atoms with Crippen molar-refractivity contribution < 1.29 is 22.7 Å². The molecule has 234 valence electrons. The van der Waals surface area contributed by atoms with Crippen molar-refractivity contribution in [1.82, 2.24) is 9.91 Å². The van der Waals surface area contributed by atoms with E-state index < -0.39 is 17.6 Å². The van der Waals surface area contributed by atoms with Gasteiger partial charge in [-0.15, -0.1) is 0 Å². The van der Waals surface area contributed by atoms with Gasteiger partial charge in [-0.2, -0.15) is 13.2 Å². The summed E-state index contributed by atoms with van der Waals surface area (Å²) in [6.07, 6.45) is -1.37. The van der Waals surface area contributed by atoms with Gasteiger partial charge in [0.15, 0.2) is 0 Å². The number of nitrogens with one attached hydrogen (secondary N) is 1. The van der Waals surface area contributed by atoms with Gasteiger partial charge >= 0.3 is 6.18 Å². The maximum absolute atomic E-state index is 13.7. The molecule has 5 N–H and O–H groups in total. The fourth-order valence-corrected chi connectivity index (χ4v) is 5.29. The smallest absolute Gasteiger partial charge is 0.416 e. The van der Waals surface area contributed by atoms with E-state index in [2.05, 4.69) is 17.3 Å². The number of benzene rings is 4. The highest BCUT2D eigenvalue weighted by Gasteiger charge is 2.30. The van der Waals surface area contributed by atoms with E-state index in [1.807, 2.05) is 48.5 Å². The van der Waals surface area contributed by atoms with Gasteiger partial charge in [-0.1, -0.05) is 60.7 Å². The third-order valence-corrected chi connectivity index (χ3v) is 7.67. The van der Waals surface area contributed by atoms with Gasteiger partial charge in [-0.25, -0.2) is 5.84 Å². The molecule has 1 fully saturated rings. The number of anilines is 1. The minimum Gasteiger partial charge on any atom is -0.490 e. The van der Waals surface area contributed by atoms with E-state index in [0.717, 1.165) is 43.6 Å². The Bertz CT molecular complexity index is 1650. The van der Waals surface area contributed by atoms with Crippen LogP contribution >= 0.6 is 0 Å². The number of piperidine rings is 1. The van der Waals surface area contributed by atoms with Crippen molar-refractivity contribution >= 4 is 11.6 Å². The molecule has 1 saturated heterocycles. The van der Waals surface area contributed by atoms with Gasteiger partial charge in [0, 0.05) is 25.0 Å². The van der Waals surface area contributed by atoms with Crippen LogP contribution in [0.3, 0.4) is 0 Å². The topological polar surface area (TPSA) is 96.8 Å². The SMILES string of the molecule is CN1CCC(Oc2ccc(-c3cccc(NC(=O)/C(N)=C/N(N)Cc4ccccc4)c3)c(-c3cccc(C(F)(F)F)c3)c2)CC1. The molecule has 1 aliphatic rings. The zero-order chi connectivity index (χ0) is 32.0. The van der Waals surface area contributed by atoms with Gasteiger partial charge in [-0.05, 0) is 84.1 Å².